The first-order chi connectivity index (χ1) is 27.2. The molecule has 3 heterocycles. The molecule has 0 N–H and O–H groups in total. The lowest BCUT2D eigenvalue weighted by Crippen LogP contribution is -2.00. The molecule has 0 amide bonds. The minimum Gasteiger partial charge on any atom is -0.318 e. The third kappa shape index (κ3) is 4.39. The van der Waals surface area contributed by atoms with Crippen LogP contribution in [0.1, 0.15) is 5.56 Å². The number of aromatic nitrogens is 3. The minimum absolute atomic E-state index is 0.575. The van der Waals surface area contributed by atoms with Crippen LogP contribution in [0, 0.1) is 17.9 Å². The van der Waals surface area contributed by atoms with Gasteiger partial charge in [-0.2, -0.15) is 5.26 Å². The van der Waals surface area contributed by atoms with Gasteiger partial charge in [-0.05, 0) is 71.6 Å². The Morgan fingerprint density at radius 2 is 0.982 bits per heavy atom. The van der Waals surface area contributed by atoms with Crippen molar-refractivity contribution < 1.29 is 0 Å². The molecule has 0 atom stereocenters. The Morgan fingerprint density at radius 1 is 0.436 bits per heavy atom. The highest BCUT2D eigenvalue weighted by molar-refractivity contribution is 6.14. The lowest BCUT2D eigenvalue weighted by molar-refractivity contribution is 1.16. The van der Waals surface area contributed by atoms with Crippen molar-refractivity contribution in [1.82, 2.24) is 13.7 Å². The Morgan fingerprint density at radius 3 is 1.65 bits per heavy atom. The highest BCUT2D eigenvalue weighted by Gasteiger charge is 2.21. The van der Waals surface area contributed by atoms with Gasteiger partial charge in [0.15, 0.2) is 0 Å². The number of hydrogen-bond acceptors (Lipinski definition) is 1. The van der Waals surface area contributed by atoms with Gasteiger partial charge < -0.3 is 13.7 Å². The number of hydrogen-bond donors (Lipinski definition) is 0. The zero-order chi connectivity index (χ0) is 36.6. The van der Waals surface area contributed by atoms with Gasteiger partial charge in [0.2, 0.25) is 5.69 Å². The maximum Gasteiger partial charge on any atom is 0.211 e. The molecule has 0 fully saturated rings. The van der Waals surface area contributed by atoms with Crippen LogP contribution < -0.4 is 0 Å². The predicted molar refractivity (Wildman–Crippen MR) is 226 cm³/mol. The molecule has 0 spiro atoms. The van der Waals surface area contributed by atoms with Gasteiger partial charge in [0.1, 0.15) is 6.07 Å². The molecule has 5 nitrogen and oxygen atoms in total. The second-order valence-electron chi connectivity index (χ2n) is 13.9. The van der Waals surface area contributed by atoms with Gasteiger partial charge in [-0.15, -0.1) is 0 Å². The summed E-state index contributed by atoms with van der Waals surface area (Å²) in [6, 6.07) is 63.5. The minimum atomic E-state index is 0.575. The number of nitrogens with zero attached hydrogens (tertiary/aromatic N) is 5. The van der Waals surface area contributed by atoms with Crippen molar-refractivity contribution in [3.8, 4) is 34.3 Å². The van der Waals surface area contributed by atoms with Gasteiger partial charge in [0.25, 0.3) is 0 Å². The fourth-order valence-electron chi connectivity index (χ4n) is 8.80. The smallest absolute Gasteiger partial charge is 0.211 e. The van der Waals surface area contributed by atoms with Crippen LogP contribution in [0.25, 0.3) is 98.5 Å². The second-order valence-corrected chi connectivity index (χ2v) is 13.9. The third-order valence-electron chi connectivity index (χ3n) is 11.1. The van der Waals surface area contributed by atoms with E-state index < -0.39 is 0 Å². The molecule has 55 heavy (non-hydrogen) atoms. The van der Waals surface area contributed by atoms with Crippen molar-refractivity contribution in [3.05, 3.63) is 193 Å². The predicted octanol–water partition coefficient (Wildman–Crippen LogP) is 13.1. The van der Waals surface area contributed by atoms with E-state index in [1.165, 1.54) is 21.8 Å². The van der Waals surface area contributed by atoms with Crippen molar-refractivity contribution >= 4 is 71.1 Å². The number of benzene rings is 8. The van der Waals surface area contributed by atoms with Gasteiger partial charge in [-0.1, -0.05) is 115 Å². The average Bonchev–Trinajstić information content (AvgIpc) is 3.89. The largest absolute Gasteiger partial charge is 0.318 e. The van der Waals surface area contributed by atoms with Gasteiger partial charge in [-0.3, -0.25) is 0 Å². The maximum absolute atomic E-state index is 10.8. The van der Waals surface area contributed by atoms with Crippen LogP contribution >= 0.6 is 0 Å². The number of nitriles is 1. The molecular weight excluding hydrogens is 671 g/mol. The molecule has 0 aliphatic carbocycles. The van der Waals surface area contributed by atoms with Crippen molar-refractivity contribution in [2.75, 3.05) is 0 Å². The molecule has 0 unspecified atom stereocenters. The molecule has 11 rings (SSSR count). The van der Waals surface area contributed by atoms with Crippen molar-refractivity contribution in [1.29, 1.82) is 5.26 Å². The summed E-state index contributed by atoms with van der Waals surface area (Å²) < 4.78 is 6.78. The summed E-state index contributed by atoms with van der Waals surface area (Å²) in [6.45, 7) is 8.02. The number of rotatable bonds is 4. The monoisotopic (exact) mass is 699 g/mol. The zero-order valence-electron chi connectivity index (χ0n) is 29.5. The van der Waals surface area contributed by atoms with Crippen LogP contribution in [-0.2, 0) is 0 Å². The first-order valence-electron chi connectivity index (χ1n) is 18.3. The van der Waals surface area contributed by atoms with Crippen LogP contribution in [0.4, 0.5) is 5.69 Å². The van der Waals surface area contributed by atoms with E-state index in [4.69, 9.17) is 6.57 Å². The molecule has 0 radical (unpaired) electrons. The topological polar surface area (TPSA) is 42.9 Å². The second kappa shape index (κ2) is 11.8. The highest BCUT2D eigenvalue weighted by atomic mass is 15.0. The summed E-state index contributed by atoms with van der Waals surface area (Å²) in [7, 11) is 0. The fraction of sp³-hybridized carbons (Fsp3) is 0. The summed E-state index contributed by atoms with van der Waals surface area (Å²) in [5.74, 6) is 0. The standard InChI is InChI=1S/C50H29N5/c1-52-42-19-12-18-40-38-16-5-11-24-48(38)55(50(40)42)44-20-7-2-13-35(44)32-25-27-43(33(29-32)31-51)54-47-23-10-6-17-39(47)41-30-34(26-28-49(41)54)53-45-21-8-3-14-36(45)37-15-4-9-22-46(37)53/h2-30H. The molecule has 0 saturated heterocycles. The molecule has 8 aromatic carbocycles. The number of para-hydroxylation sites is 6. The van der Waals surface area contributed by atoms with Crippen LogP contribution in [0.5, 0.6) is 0 Å². The van der Waals surface area contributed by atoms with E-state index in [2.05, 4.69) is 158 Å². The van der Waals surface area contributed by atoms with Crippen molar-refractivity contribution in [3.63, 3.8) is 0 Å². The van der Waals surface area contributed by atoms with Gasteiger partial charge >= 0.3 is 0 Å². The Balaban J connectivity index is 1.11. The molecule has 0 saturated carbocycles. The van der Waals surface area contributed by atoms with Gasteiger partial charge in [0, 0.05) is 38.2 Å². The first-order valence-corrected chi connectivity index (χ1v) is 18.3. The van der Waals surface area contributed by atoms with Gasteiger partial charge in [0.05, 0.1) is 56.6 Å². The Labute approximate surface area is 316 Å². The van der Waals surface area contributed by atoms with Crippen LogP contribution in [-0.4, -0.2) is 13.7 Å². The van der Waals surface area contributed by atoms with E-state index in [9.17, 15) is 5.26 Å². The molecule has 0 aliphatic heterocycles. The van der Waals surface area contributed by atoms with Crippen LogP contribution in [0.15, 0.2) is 176 Å². The third-order valence-corrected chi connectivity index (χ3v) is 11.1. The lowest BCUT2D eigenvalue weighted by Gasteiger charge is -2.16. The zero-order valence-corrected chi connectivity index (χ0v) is 29.5. The van der Waals surface area contributed by atoms with Crippen molar-refractivity contribution in [2.45, 2.75) is 0 Å². The average molecular weight is 700 g/mol. The normalized spacial score (nSPS) is 11.6. The maximum atomic E-state index is 10.8. The summed E-state index contributed by atoms with van der Waals surface area (Å²) in [4.78, 5) is 3.93. The number of fused-ring (bicyclic) bond motifs is 9. The molecule has 5 heteroatoms. The van der Waals surface area contributed by atoms with Crippen molar-refractivity contribution in [2.24, 2.45) is 0 Å². The van der Waals surface area contributed by atoms with Gasteiger partial charge in [-0.25, -0.2) is 4.85 Å². The van der Waals surface area contributed by atoms with E-state index in [1.807, 2.05) is 42.5 Å². The Kier molecular flexibility index (Phi) is 6.61. The Bertz CT molecular complexity index is 3420. The molecule has 3 aromatic heterocycles. The lowest BCUT2D eigenvalue weighted by atomic mass is 10.00. The highest BCUT2D eigenvalue weighted by Crippen LogP contribution is 2.42. The van der Waals surface area contributed by atoms with E-state index >= 15 is 0 Å². The van der Waals surface area contributed by atoms with E-state index in [-0.39, 0.29) is 0 Å². The SMILES string of the molecule is [C-]#[N+]c1cccc2c3ccccc3n(-c3ccccc3-c3ccc(-n4c5ccccc5c5cc(-n6c7ccccc7c7ccccc76)ccc54)c(C#N)c3)c12. The Hall–Kier alpha value is -7.86. The quantitative estimate of drug-likeness (QED) is 0.169. The molecule has 11 aromatic rings. The van der Waals surface area contributed by atoms with Crippen LogP contribution in [0.2, 0.25) is 0 Å². The molecule has 0 aliphatic rings. The summed E-state index contributed by atoms with van der Waals surface area (Å²) in [5, 5.41) is 17.6. The fourth-order valence-corrected chi connectivity index (χ4v) is 8.80. The van der Waals surface area contributed by atoms with E-state index in [0.29, 0.717) is 11.3 Å². The van der Waals surface area contributed by atoms with E-state index in [0.717, 1.165) is 71.8 Å². The molecular formula is C50H29N5. The molecule has 254 valence electrons. The molecule has 0 bridgehead atoms. The van der Waals surface area contributed by atoms with E-state index in [1.54, 1.807) is 0 Å². The summed E-state index contributed by atoms with van der Waals surface area (Å²) >= 11 is 0. The van der Waals surface area contributed by atoms with Crippen LogP contribution in [0.3, 0.4) is 0 Å². The first kappa shape index (κ1) is 30.7. The summed E-state index contributed by atoms with van der Waals surface area (Å²) in [6.07, 6.45) is 0. The summed E-state index contributed by atoms with van der Waals surface area (Å²) in [5.41, 5.74) is 12.3.